The van der Waals surface area contributed by atoms with Crippen LogP contribution in [0.25, 0.3) is 0 Å². The van der Waals surface area contributed by atoms with E-state index in [1.165, 1.54) is 19.3 Å². The van der Waals surface area contributed by atoms with Crippen LogP contribution in [0.2, 0.25) is 0 Å². The molecule has 0 heterocycles. The normalized spacial score (nSPS) is 30.6. The minimum atomic E-state index is 0.401. The van der Waals surface area contributed by atoms with Gasteiger partial charge in [0, 0.05) is 0 Å². The van der Waals surface area contributed by atoms with Gasteiger partial charge in [0.2, 0.25) is 0 Å². The van der Waals surface area contributed by atoms with E-state index >= 15 is 0 Å². The summed E-state index contributed by atoms with van der Waals surface area (Å²) in [5.41, 5.74) is 5.59. The van der Waals surface area contributed by atoms with Crippen LogP contribution in [0.4, 0.5) is 0 Å². The van der Waals surface area contributed by atoms with Crippen LogP contribution in [0.1, 0.15) is 19.3 Å². The Labute approximate surface area is 68.4 Å². The van der Waals surface area contributed by atoms with E-state index in [9.17, 15) is 0 Å². The fraction of sp³-hybridized carbons (Fsp3) is 0.778. The van der Waals surface area contributed by atoms with Crippen LogP contribution in [-0.4, -0.2) is 19.3 Å². The summed E-state index contributed by atoms with van der Waals surface area (Å²) in [5.74, 6) is 0.593. The van der Waals surface area contributed by atoms with Crippen molar-refractivity contribution >= 4 is 0 Å². The Morgan fingerprint density at radius 2 is 2.36 bits per heavy atom. The van der Waals surface area contributed by atoms with Crippen LogP contribution in [0, 0.1) is 5.92 Å². The molecule has 2 N–H and O–H groups in total. The summed E-state index contributed by atoms with van der Waals surface area (Å²) >= 11 is 0. The molecule has 0 spiro atoms. The van der Waals surface area contributed by atoms with Gasteiger partial charge >= 0.3 is 0 Å². The predicted octanol–water partition coefficient (Wildman–Crippen LogP) is 1.32. The molecule has 11 heavy (non-hydrogen) atoms. The molecule has 0 aromatic rings. The SMILES string of the molecule is C=CCOC1CCCC1CN. The first-order valence-corrected chi connectivity index (χ1v) is 4.31. The van der Waals surface area contributed by atoms with Crippen molar-refractivity contribution in [1.29, 1.82) is 0 Å². The zero-order chi connectivity index (χ0) is 8.10. The molecule has 2 unspecified atom stereocenters. The molecule has 0 saturated heterocycles. The Morgan fingerprint density at radius 3 is 3.00 bits per heavy atom. The Balaban J connectivity index is 2.25. The lowest BCUT2D eigenvalue weighted by atomic mass is 10.1. The first kappa shape index (κ1) is 8.75. The summed E-state index contributed by atoms with van der Waals surface area (Å²) in [6.45, 7) is 5.05. The van der Waals surface area contributed by atoms with Crippen molar-refractivity contribution in [2.45, 2.75) is 25.4 Å². The van der Waals surface area contributed by atoms with Crippen LogP contribution in [0.5, 0.6) is 0 Å². The summed E-state index contributed by atoms with van der Waals surface area (Å²) in [6.07, 6.45) is 5.88. The van der Waals surface area contributed by atoms with E-state index in [4.69, 9.17) is 10.5 Å². The summed E-state index contributed by atoms with van der Waals surface area (Å²) in [7, 11) is 0. The van der Waals surface area contributed by atoms with Crippen molar-refractivity contribution < 1.29 is 4.74 Å². The maximum Gasteiger partial charge on any atom is 0.0648 e. The molecule has 1 rings (SSSR count). The van der Waals surface area contributed by atoms with Crippen LogP contribution < -0.4 is 5.73 Å². The molecule has 2 atom stereocenters. The Hall–Kier alpha value is -0.340. The van der Waals surface area contributed by atoms with Crippen molar-refractivity contribution in [2.24, 2.45) is 11.7 Å². The molecule has 0 aromatic heterocycles. The van der Waals surface area contributed by atoms with Gasteiger partial charge in [0.05, 0.1) is 12.7 Å². The third kappa shape index (κ3) is 2.31. The molecule has 0 aromatic carbocycles. The zero-order valence-corrected chi connectivity index (χ0v) is 6.96. The van der Waals surface area contributed by atoms with Crippen LogP contribution >= 0.6 is 0 Å². The van der Waals surface area contributed by atoms with Gasteiger partial charge in [0.15, 0.2) is 0 Å². The number of nitrogens with two attached hydrogens (primary N) is 1. The number of hydrogen-bond donors (Lipinski definition) is 1. The average molecular weight is 155 g/mol. The number of ether oxygens (including phenoxy) is 1. The third-order valence-electron chi connectivity index (χ3n) is 2.32. The lowest BCUT2D eigenvalue weighted by Gasteiger charge is -2.17. The fourth-order valence-corrected chi connectivity index (χ4v) is 1.68. The van der Waals surface area contributed by atoms with E-state index in [1.807, 2.05) is 0 Å². The number of hydrogen-bond acceptors (Lipinski definition) is 2. The van der Waals surface area contributed by atoms with Gasteiger partial charge in [-0.2, -0.15) is 0 Å². The van der Waals surface area contributed by atoms with Crippen LogP contribution in [-0.2, 0) is 4.74 Å². The Bertz CT molecular complexity index is 125. The lowest BCUT2D eigenvalue weighted by molar-refractivity contribution is 0.0489. The third-order valence-corrected chi connectivity index (χ3v) is 2.32. The van der Waals surface area contributed by atoms with Gasteiger partial charge in [-0.25, -0.2) is 0 Å². The van der Waals surface area contributed by atoms with Gasteiger partial charge in [0.25, 0.3) is 0 Å². The standard InChI is InChI=1S/C9H17NO/c1-2-6-11-9-5-3-4-8(9)7-10/h2,8-9H,1,3-7,10H2. The molecule has 1 saturated carbocycles. The molecule has 1 aliphatic carbocycles. The monoisotopic (exact) mass is 155 g/mol. The molecule has 0 bridgehead atoms. The van der Waals surface area contributed by atoms with Gasteiger partial charge in [-0.15, -0.1) is 6.58 Å². The average Bonchev–Trinajstić information content (AvgIpc) is 2.47. The second kappa shape index (κ2) is 4.52. The van der Waals surface area contributed by atoms with E-state index in [2.05, 4.69) is 6.58 Å². The van der Waals surface area contributed by atoms with Gasteiger partial charge in [0.1, 0.15) is 0 Å². The minimum Gasteiger partial charge on any atom is -0.374 e. The first-order chi connectivity index (χ1) is 5.38. The van der Waals surface area contributed by atoms with Gasteiger partial charge in [-0.05, 0) is 25.3 Å². The van der Waals surface area contributed by atoms with Crippen molar-refractivity contribution in [3.05, 3.63) is 12.7 Å². The molecular formula is C9H17NO. The summed E-state index contributed by atoms with van der Waals surface area (Å²) in [5, 5.41) is 0. The van der Waals surface area contributed by atoms with E-state index in [1.54, 1.807) is 6.08 Å². The molecule has 1 aliphatic rings. The second-order valence-corrected chi connectivity index (χ2v) is 3.09. The largest absolute Gasteiger partial charge is 0.374 e. The fourth-order valence-electron chi connectivity index (χ4n) is 1.68. The van der Waals surface area contributed by atoms with Crippen LogP contribution in [0.15, 0.2) is 12.7 Å². The van der Waals surface area contributed by atoms with Crippen molar-refractivity contribution in [3.63, 3.8) is 0 Å². The molecule has 2 heteroatoms. The summed E-state index contributed by atoms with van der Waals surface area (Å²) in [6, 6.07) is 0. The maximum absolute atomic E-state index is 5.59. The van der Waals surface area contributed by atoms with E-state index in [0.717, 1.165) is 6.54 Å². The zero-order valence-electron chi connectivity index (χ0n) is 6.96. The molecule has 0 amide bonds. The molecule has 2 nitrogen and oxygen atoms in total. The van der Waals surface area contributed by atoms with Gasteiger partial charge < -0.3 is 10.5 Å². The summed E-state index contributed by atoms with van der Waals surface area (Å²) in [4.78, 5) is 0. The predicted molar refractivity (Wildman–Crippen MR) is 46.3 cm³/mol. The highest BCUT2D eigenvalue weighted by Crippen LogP contribution is 2.27. The quantitative estimate of drug-likeness (QED) is 0.621. The highest BCUT2D eigenvalue weighted by atomic mass is 16.5. The van der Waals surface area contributed by atoms with E-state index in [-0.39, 0.29) is 0 Å². The maximum atomic E-state index is 5.59. The minimum absolute atomic E-state index is 0.401. The highest BCUT2D eigenvalue weighted by Gasteiger charge is 2.25. The van der Waals surface area contributed by atoms with Crippen molar-refractivity contribution in [1.82, 2.24) is 0 Å². The second-order valence-electron chi connectivity index (χ2n) is 3.09. The molecule has 0 radical (unpaired) electrons. The van der Waals surface area contributed by atoms with Gasteiger partial charge in [-0.3, -0.25) is 0 Å². The lowest BCUT2D eigenvalue weighted by Crippen LogP contribution is -2.25. The van der Waals surface area contributed by atoms with E-state index in [0.29, 0.717) is 18.6 Å². The Morgan fingerprint density at radius 1 is 1.55 bits per heavy atom. The van der Waals surface area contributed by atoms with E-state index < -0.39 is 0 Å². The summed E-state index contributed by atoms with van der Waals surface area (Å²) < 4.78 is 5.56. The molecule has 1 fully saturated rings. The Kier molecular flexibility index (Phi) is 3.60. The topological polar surface area (TPSA) is 35.2 Å². The highest BCUT2D eigenvalue weighted by molar-refractivity contribution is 4.79. The van der Waals surface area contributed by atoms with Crippen LogP contribution in [0.3, 0.4) is 0 Å². The first-order valence-electron chi connectivity index (χ1n) is 4.31. The molecule has 64 valence electrons. The van der Waals surface area contributed by atoms with Crippen molar-refractivity contribution in [2.75, 3.05) is 13.2 Å². The van der Waals surface area contributed by atoms with Crippen molar-refractivity contribution in [3.8, 4) is 0 Å². The smallest absolute Gasteiger partial charge is 0.0648 e. The molecular weight excluding hydrogens is 138 g/mol. The number of rotatable bonds is 4. The van der Waals surface area contributed by atoms with Gasteiger partial charge in [-0.1, -0.05) is 12.5 Å². The molecule has 0 aliphatic heterocycles.